The Morgan fingerprint density at radius 3 is 2.52 bits per heavy atom. The molecule has 0 N–H and O–H groups in total. The number of benzene rings is 1. The molecule has 1 heterocycles. The molecule has 7 heteroatoms. The average Bonchev–Trinajstić information content (AvgIpc) is 2.44. The van der Waals surface area contributed by atoms with Gasteiger partial charge in [0.05, 0.1) is 6.61 Å². The third-order valence-electron chi connectivity index (χ3n) is 3.74. The molecule has 0 spiro atoms. The summed E-state index contributed by atoms with van der Waals surface area (Å²) in [7, 11) is -2.57. The van der Waals surface area contributed by atoms with Gasteiger partial charge in [-0.25, -0.2) is 0 Å². The quantitative estimate of drug-likeness (QED) is 0.749. The van der Waals surface area contributed by atoms with Crippen molar-refractivity contribution in [3.05, 3.63) is 29.8 Å². The lowest BCUT2D eigenvalue weighted by Crippen LogP contribution is -2.53. The SMILES string of the molecule is C[Si](C)(C)OC(C#N)(CC1CCOc2ccccc21)C(F)(F)F. The van der Waals surface area contributed by atoms with Crippen molar-refractivity contribution in [2.24, 2.45) is 0 Å². The van der Waals surface area contributed by atoms with Gasteiger partial charge < -0.3 is 9.16 Å². The van der Waals surface area contributed by atoms with Crippen molar-refractivity contribution in [2.45, 2.75) is 50.2 Å². The molecule has 1 aromatic rings. The number of ether oxygens (including phenoxy) is 1. The fourth-order valence-corrected chi connectivity index (χ4v) is 4.13. The van der Waals surface area contributed by atoms with Crippen LogP contribution in [0.2, 0.25) is 19.6 Å². The topological polar surface area (TPSA) is 42.2 Å². The molecular weight excluding hydrogens is 323 g/mol. The van der Waals surface area contributed by atoms with Crippen LogP contribution in [0.4, 0.5) is 13.2 Å². The molecule has 1 aliphatic rings. The number of rotatable bonds is 4. The second-order valence-corrected chi connectivity index (χ2v) is 11.2. The summed E-state index contributed by atoms with van der Waals surface area (Å²) in [5, 5.41) is 9.35. The number of hydrogen-bond acceptors (Lipinski definition) is 3. The smallest absolute Gasteiger partial charge is 0.430 e. The first-order valence-corrected chi connectivity index (χ1v) is 10.9. The minimum atomic E-state index is -4.74. The number of halogens is 3. The molecular formula is C16H20F3NO2Si. The Hall–Kier alpha value is -1.52. The highest BCUT2D eigenvalue weighted by Crippen LogP contribution is 2.46. The summed E-state index contributed by atoms with van der Waals surface area (Å²) in [6.07, 6.45) is -4.71. The van der Waals surface area contributed by atoms with Crippen LogP contribution >= 0.6 is 0 Å². The fraction of sp³-hybridized carbons (Fsp3) is 0.562. The van der Waals surface area contributed by atoms with Gasteiger partial charge in [0.1, 0.15) is 11.8 Å². The van der Waals surface area contributed by atoms with Crippen LogP contribution in [-0.2, 0) is 4.43 Å². The van der Waals surface area contributed by atoms with Crippen molar-refractivity contribution >= 4 is 8.32 Å². The van der Waals surface area contributed by atoms with Crippen LogP contribution in [-0.4, -0.2) is 26.7 Å². The molecule has 0 amide bonds. The summed E-state index contributed by atoms with van der Waals surface area (Å²) < 4.78 is 51.9. The van der Waals surface area contributed by atoms with Gasteiger partial charge in [-0.2, -0.15) is 18.4 Å². The predicted octanol–water partition coefficient (Wildman–Crippen LogP) is 4.62. The molecule has 1 aliphatic heterocycles. The molecule has 0 aromatic heterocycles. The Labute approximate surface area is 135 Å². The minimum Gasteiger partial charge on any atom is -0.493 e. The van der Waals surface area contributed by atoms with Gasteiger partial charge in [-0.05, 0) is 43.6 Å². The lowest BCUT2D eigenvalue weighted by atomic mass is 9.83. The summed E-state index contributed by atoms with van der Waals surface area (Å²) in [5.74, 6) is 0.170. The van der Waals surface area contributed by atoms with Crippen LogP contribution in [0.1, 0.15) is 24.3 Å². The van der Waals surface area contributed by atoms with Crippen LogP contribution in [0.25, 0.3) is 0 Å². The van der Waals surface area contributed by atoms with Crippen molar-refractivity contribution in [3.63, 3.8) is 0 Å². The highest BCUT2D eigenvalue weighted by atomic mass is 28.4. The lowest BCUT2D eigenvalue weighted by molar-refractivity contribution is -0.232. The van der Waals surface area contributed by atoms with E-state index in [0.29, 0.717) is 24.3 Å². The van der Waals surface area contributed by atoms with E-state index in [1.165, 1.54) is 6.07 Å². The van der Waals surface area contributed by atoms with Gasteiger partial charge in [0, 0.05) is 6.42 Å². The van der Waals surface area contributed by atoms with E-state index in [1.807, 2.05) is 0 Å². The Balaban J connectivity index is 2.38. The van der Waals surface area contributed by atoms with E-state index in [9.17, 15) is 18.4 Å². The summed E-state index contributed by atoms with van der Waals surface area (Å²) in [6, 6.07) is 8.48. The average molecular weight is 343 g/mol. The predicted molar refractivity (Wildman–Crippen MR) is 82.7 cm³/mol. The van der Waals surface area contributed by atoms with Crippen LogP contribution in [0.15, 0.2) is 24.3 Å². The Morgan fingerprint density at radius 1 is 1.30 bits per heavy atom. The molecule has 0 saturated heterocycles. The molecule has 3 nitrogen and oxygen atoms in total. The zero-order chi connectivity index (χ0) is 17.3. The Kier molecular flexibility index (Phi) is 4.78. The second kappa shape index (κ2) is 6.17. The largest absolute Gasteiger partial charge is 0.493 e. The van der Waals surface area contributed by atoms with Crippen molar-refractivity contribution in [2.75, 3.05) is 6.61 Å². The summed E-state index contributed by atoms with van der Waals surface area (Å²) in [4.78, 5) is 0. The highest BCUT2D eigenvalue weighted by molar-refractivity contribution is 6.69. The van der Waals surface area contributed by atoms with E-state index in [2.05, 4.69) is 0 Å². The maximum atomic E-state index is 13.7. The van der Waals surface area contributed by atoms with Crippen molar-refractivity contribution in [3.8, 4) is 11.8 Å². The first-order valence-electron chi connectivity index (χ1n) is 7.48. The van der Waals surface area contributed by atoms with E-state index < -0.39 is 32.4 Å². The number of fused-ring (bicyclic) bond motifs is 1. The van der Waals surface area contributed by atoms with Gasteiger partial charge >= 0.3 is 6.18 Å². The second-order valence-electron chi connectivity index (χ2n) is 6.73. The van der Waals surface area contributed by atoms with Gasteiger partial charge in [-0.1, -0.05) is 18.2 Å². The standard InChI is InChI=1S/C16H20F3NO2Si/c1-23(2,3)22-15(11-20,16(17,18)19)10-12-8-9-21-14-7-5-4-6-13(12)14/h4-7,12H,8-10H2,1-3H3. The van der Waals surface area contributed by atoms with Gasteiger partial charge in [0.15, 0.2) is 8.32 Å². The molecule has 0 bridgehead atoms. The van der Waals surface area contributed by atoms with Gasteiger partial charge in [0.25, 0.3) is 0 Å². The van der Waals surface area contributed by atoms with Crippen LogP contribution < -0.4 is 4.74 Å². The van der Waals surface area contributed by atoms with Crippen molar-refractivity contribution in [1.82, 2.24) is 0 Å². The maximum Gasteiger partial charge on any atom is 0.430 e. The number of para-hydroxylation sites is 1. The van der Waals surface area contributed by atoms with Gasteiger partial charge in [0.2, 0.25) is 5.60 Å². The zero-order valence-corrected chi connectivity index (χ0v) is 14.4. The Morgan fingerprint density at radius 2 is 1.96 bits per heavy atom. The van der Waals surface area contributed by atoms with E-state index in [0.717, 1.165) is 0 Å². The van der Waals surface area contributed by atoms with Gasteiger partial charge in [-0.3, -0.25) is 0 Å². The van der Waals surface area contributed by atoms with E-state index >= 15 is 0 Å². The van der Waals surface area contributed by atoms with E-state index in [-0.39, 0.29) is 0 Å². The molecule has 126 valence electrons. The monoisotopic (exact) mass is 343 g/mol. The maximum absolute atomic E-state index is 13.7. The molecule has 2 atom stereocenters. The molecule has 2 unspecified atom stereocenters. The normalized spacial score (nSPS) is 20.8. The van der Waals surface area contributed by atoms with E-state index in [1.54, 1.807) is 43.9 Å². The third-order valence-corrected chi connectivity index (χ3v) is 4.70. The molecule has 1 aromatic carbocycles. The third kappa shape index (κ3) is 3.87. The Bertz CT molecular complexity index is 607. The number of hydrogen-bond donors (Lipinski definition) is 0. The molecule has 23 heavy (non-hydrogen) atoms. The molecule has 0 fully saturated rings. The number of nitriles is 1. The van der Waals surface area contributed by atoms with Crippen molar-refractivity contribution in [1.29, 1.82) is 5.26 Å². The lowest BCUT2D eigenvalue weighted by Gasteiger charge is -2.38. The first-order chi connectivity index (χ1) is 10.6. The molecule has 0 aliphatic carbocycles. The zero-order valence-electron chi connectivity index (χ0n) is 13.4. The first kappa shape index (κ1) is 17.8. The van der Waals surface area contributed by atoms with Crippen LogP contribution in [0.3, 0.4) is 0 Å². The summed E-state index contributed by atoms with van der Waals surface area (Å²) in [6.45, 7) is 5.31. The van der Waals surface area contributed by atoms with Gasteiger partial charge in [-0.15, -0.1) is 0 Å². The molecule has 2 rings (SSSR count). The number of alkyl halides is 3. The fourth-order valence-electron chi connectivity index (χ4n) is 2.84. The van der Waals surface area contributed by atoms with Crippen LogP contribution in [0.5, 0.6) is 5.75 Å². The van der Waals surface area contributed by atoms with Crippen LogP contribution in [0, 0.1) is 11.3 Å². The summed E-state index contributed by atoms with van der Waals surface area (Å²) in [5.41, 5.74) is -2.06. The summed E-state index contributed by atoms with van der Waals surface area (Å²) >= 11 is 0. The van der Waals surface area contributed by atoms with Crippen molar-refractivity contribution < 1.29 is 22.3 Å². The van der Waals surface area contributed by atoms with E-state index in [4.69, 9.17) is 9.16 Å². The molecule has 0 saturated carbocycles. The minimum absolute atomic E-state index is 0.341. The molecule has 0 radical (unpaired) electrons. The number of nitrogens with zero attached hydrogens (tertiary/aromatic N) is 1. The highest BCUT2D eigenvalue weighted by Gasteiger charge is 2.59.